The molecule has 0 radical (unpaired) electrons. The summed E-state index contributed by atoms with van der Waals surface area (Å²) in [4.78, 5) is 0. The van der Waals surface area contributed by atoms with Crippen LogP contribution in [0.1, 0.15) is 38.7 Å². The number of hydrogen-bond acceptors (Lipinski definition) is 1. The van der Waals surface area contributed by atoms with E-state index in [-0.39, 0.29) is 6.10 Å². The fourth-order valence-electron chi connectivity index (χ4n) is 1.76. The Labute approximate surface area is 107 Å². The Balaban J connectivity index is 2.28. The summed E-state index contributed by atoms with van der Waals surface area (Å²) in [6.07, 6.45) is 3.81. The van der Waals surface area contributed by atoms with Crippen LogP contribution in [-0.2, 0) is 6.42 Å². The second kappa shape index (κ2) is 7.08. The molecule has 1 unspecified atom stereocenters. The highest BCUT2D eigenvalue weighted by Gasteiger charge is 2.06. The maximum absolute atomic E-state index is 9.87. The number of aliphatic hydroxyl groups excluding tert-OH is 1. The van der Waals surface area contributed by atoms with Crippen LogP contribution in [0.2, 0.25) is 0 Å². The molecule has 1 atom stereocenters. The topological polar surface area (TPSA) is 20.2 Å². The van der Waals surface area contributed by atoms with Crippen molar-refractivity contribution in [3.63, 3.8) is 0 Å². The van der Waals surface area contributed by atoms with Crippen LogP contribution in [0, 0.1) is 5.92 Å². The van der Waals surface area contributed by atoms with Gasteiger partial charge in [-0.25, -0.2) is 0 Å². The highest BCUT2D eigenvalue weighted by molar-refractivity contribution is 9.10. The first-order valence-electron chi connectivity index (χ1n) is 6.00. The highest BCUT2D eigenvalue weighted by Crippen LogP contribution is 2.14. The monoisotopic (exact) mass is 284 g/mol. The van der Waals surface area contributed by atoms with Gasteiger partial charge in [0, 0.05) is 4.47 Å². The molecular formula is C14H21BrO. The minimum atomic E-state index is -0.195. The first-order chi connectivity index (χ1) is 7.58. The van der Waals surface area contributed by atoms with Gasteiger partial charge in [-0.1, -0.05) is 54.8 Å². The molecule has 1 rings (SSSR count). The molecule has 1 aromatic carbocycles. The van der Waals surface area contributed by atoms with Crippen LogP contribution in [0.5, 0.6) is 0 Å². The van der Waals surface area contributed by atoms with E-state index in [9.17, 15) is 5.11 Å². The Morgan fingerprint density at radius 3 is 2.31 bits per heavy atom. The molecule has 16 heavy (non-hydrogen) atoms. The summed E-state index contributed by atoms with van der Waals surface area (Å²) >= 11 is 3.41. The fraction of sp³-hybridized carbons (Fsp3) is 0.571. The van der Waals surface area contributed by atoms with Gasteiger partial charge in [0.2, 0.25) is 0 Å². The standard InChI is InChI=1S/C14H21BrO/c1-11(2)4-3-5-14(16)10-12-6-8-13(15)9-7-12/h6-9,11,14,16H,3-5,10H2,1-2H3. The van der Waals surface area contributed by atoms with Gasteiger partial charge in [-0.05, 0) is 36.5 Å². The average Bonchev–Trinajstić information content (AvgIpc) is 2.21. The molecule has 0 spiro atoms. The van der Waals surface area contributed by atoms with Crippen molar-refractivity contribution in [1.82, 2.24) is 0 Å². The van der Waals surface area contributed by atoms with Crippen LogP contribution < -0.4 is 0 Å². The van der Waals surface area contributed by atoms with Crippen LogP contribution in [0.4, 0.5) is 0 Å². The highest BCUT2D eigenvalue weighted by atomic mass is 79.9. The third kappa shape index (κ3) is 5.66. The predicted molar refractivity (Wildman–Crippen MR) is 72.5 cm³/mol. The molecule has 1 nitrogen and oxygen atoms in total. The number of aliphatic hydroxyl groups is 1. The Morgan fingerprint density at radius 1 is 1.12 bits per heavy atom. The molecule has 90 valence electrons. The van der Waals surface area contributed by atoms with Crippen molar-refractivity contribution in [2.24, 2.45) is 5.92 Å². The van der Waals surface area contributed by atoms with Crippen LogP contribution in [0.3, 0.4) is 0 Å². The van der Waals surface area contributed by atoms with E-state index in [4.69, 9.17) is 0 Å². The van der Waals surface area contributed by atoms with Crippen LogP contribution >= 0.6 is 15.9 Å². The molecule has 0 bridgehead atoms. The quantitative estimate of drug-likeness (QED) is 0.831. The fourth-order valence-corrected chi connectivity index (χ4v) is 2.02. The first kappa shape index (κ1) is 13.7. The summed E-state index contributed by atoms with van der Waals surface area (Å²) in [6.45, 7) is 4.45. The zero-order valence-electron chi connectivity index (χ0n) is 10.1. The van der Waals surface area contributed by atoms with Gasteiger partial charge < -0.3 is 5.11 Å². The van der Waals surface area contributed by atoms with E-state index in [1.807, 2.05) is 12.1 Å². The molecular weight excluding hydrogens is 264 g/mol. The third-order valence-electron chi connectivity index (χ3n) is 2.70. The van der Waals surface area contributed by atoms with Gasteiger partial charge in [-0.3, -0.25) is 0 Å². The number of rotatable bonds is 6. The molecule has 0 aliphatic heterocycles. The molecule has 1 aromatic rings. The number of halogens is 1. The van der Waals surface area contributed by atoms with Crippen molar-refractivity contribution in [1.29, 1.82) is 0 Å². The van der Waals surface area contributed by atoms with Gasteiger partial charge in [0.25, 0.3) is 0 Å². The van der Waals surface area contributed by atoms with Gasteiger partial charge in [-0.2, -0.15) is 0 Å². The zero-order valence-corrected chi connectivity index (χ0v) is 11.7. The van der Waals surface area contributed by atoms with Gasteiger partial charge in [0.05, 0.1) is 6.10 Å². The van der Waals surface area contributed by atoms with E-state index < -0.39 is 0 Å². The third-order valence-corrected chi connectivity index (χ3v) is 3.23. The van der Waals surface area contributed by atoms with E-state index in [1.54, 1.807) is 0 Å². The molecule has 0 aromatic heterocycles. The molecule has 0 amide bonds. The van der Waals surface area contributed by atoms with Crippen molar-refractivity contribution in [3.8, 4) is 0 Å². The normalized spacial score (nSPS) is 13.1. The largest absolute Gasteiger partial charge is 0.393 e. The average molecular weight is 285 g/mol. The van der Waals surface area contributed by atoms with Gasteiger partial charge in [0.15, 0.2) is 0 Å². The molecule has 0 heterocycles. The molecule has 0 aliphatic rings. The lowest BCUT2D eigenvalue weighted by Gasteiger charge is -2.11. The summed E-state index contributed by atoms with van der Waals surface area (Å²) in [5.41, 5.74) is 1.21. The number of hydrogen-bond donors (Lipinski definition) is 1. The maximum Gasteiger partial charge on any atom is 0.0580 e. The van der Waals surface area contributed by atoms with Crippen molar-refractivity contribution in [3.05, 3.63) is 34.3 Å². The summed E-state index contributed by atoms with van der Waals surface area (Å²) in [5, 5.41) is 9.87. The SMILES string of the molecule is CC(C)CCCC(O)Cc1ccc(Br)cc1. The van der Waals surface area contributed by atoms with Crippen molar-refractivity contribution in [2.45, 2.75) is 45.6 Å². The minimum absolute atomic E-state index is 0.195. The van der Waals surface area contributed by atoms with Crippen molar-refractivity contribution in [2.75, 3.05) is 0 Å². The second-order valence-electron chi connectivity index (χ2n) is 4.81. The Kier molecular flexibility index (Phi) is 6.07. The molecule has 1 N–H and O–H groups in total. The zero-order chi connectivity index (χ0) is 12.0. The smallest absolute Gasteiger partial charge is 0.0580 e. The summed E-state index contributed by atoms with van der Waals surface area (Å²) in [6, 6.07) is 8.18. The molecule has 2 heteroatoms. The lowest BCUT2D eigenvalue weighted by Crippen LogP contribution is -2.10. The number of benzene rings is 1. The van der Waals surface area contributed by atoms with E-state index >= 15 is 0 Å². The minimum Gasteiger partial charge on any atom is -0.393 e. The Morgan fingerprint density at radius 2 is 1.75 bits per heavy atom. The van der Waals surface area contributed by atoms with E-state index in [1.165, 1.54) is 12.0 Å². The summed E-state index contributed by atoms with van der Waals surface area (Å²) < 4.78 is 1.09. The molecule has 0 saturated carbocycles. The van der Waals surface area contributed by atoms with Crippen molar-refractivity contribution < 1.29 is 5.11 Å². The van der Waals surface area contributed by atoms with Crippen molar-refractivity contribution >= 4 is 15.9 Å². The lowest BCUT2D eigenvalue weighted by molar-refractivity contribution is 0.159. The van der Waals surface area contributed by atoms with E-state index in [0.717, 1.165) is 29.7 Å². The molecule has 0 saturated heterocycles. The van der Waals surface area contributed by atoms with Crippen LogP contribution in [-0.4, -0.2) is 11.2 Å². The maximum atomic E-state index is 9.87. The second-order valence-corrected chi connectivity index (χ2v) is 5.72. The molecule has 0 fully saturated rings. The van der Waals surface area contributed by atoms with Crippen LogP contribution in [0.15, 0.2) is 28.7 Å². The van der Waals surface area contributed by atoms with E-state index in [2.05, 4.69) is 41.9 Å². The van der Waals surface area contributed by atoms with Gasteiger partial charge in [-0.15, -0.1) is 0 Å². The summed E-state index contributed by atoms with van der Waals surface area (Å²) in [7, 11) is 0. The van der Waals surface area contributed by atoms with Crippen LogP contribution in [0.25, 0.3) is 0 Å². The molecule has 0 aliphatic carbocycles. The Hall–Kier alpha value is -0.340. The van der Waals surface area contributed by atoms with Gasteiger partial charge in [0.1, 0.15) is 0 Å². The predicted octanol–water partition coefficient (Wildman–Crippen LogP) is 4.18. The van der Waals surface area contributed by atoms with Gasteiger partial charge >= 0.3 is 0 Å². The Bertz CT molecular complexity index is 292. The first-order valence-corrected chi connectivity index (χ1v) is 6.79. The van der Waals surface area contributed by atoms with E-state index in [0.29, 0.717) is 0 Å². The lowest BCUT2D eigenvalue weighted by atomic mass is 10.0. The summed E-state index contributed by atoms with van der Waals surface area (Å²) in [5.74, 6) is 0.736.